The van der Waals surface area contributed by atoms with Gasteiger partial charge in [0.15, 0.2) is 0 Å². The largest absolute Gasteiger partial charge is 0.313 e. The van der Waals surface area contributed by atoms with Gasteiger partial charge in [-0.15, -0.1) is 0 Å². The molecule has 1 heterocycles. The lowest BCUT2D eigenvalue weighted by Gasteiger charge is -2.09. The van der Waals surface area contributed by atoms with E-state index in [2.05, 4.69) is 15.0 Å². The molecular formula is C10H17N3O2S. The molecular weight excluding hydrogens is 226 g/mol. The molecule has 0 saturated carbocycles. The third-order valence-electron chi connectivity index (χ3n) is 1.85. The highest BCUT2D eigenvalue weighted by atomic mass is 32.2. The lowest BCUT2D eigenvalue weighted by atomic mass is 10.4. The van der Waals surface area contributed by atoms with Crippen molar-refractivity contribution in [2.24, 2.45) is 0 Å². The van der Waals surface area contributed by atoms with Crippen molar-refractivity contribution in [3.8, 4) is 0 Å². The van der Waals surface area contributed by atoms with E-state index in [-0.39, 0.29) is 11.8 Å². The number of nitrogens with one attached hydrogen (secondary N) is 2. The van der Waals surface area contributed by atoms with Gasteiger partial charge in [-0.05, 0) is 12.1 Å². The fourth-order valence-corrected chi connectivity index (χ4v) is 2.04. The second-order valence-electron chi connectivity index (χ2n) is 3.74. The number of hydrogen-bond donors (Lipinski definition) is 2. The second-order valence-corrected chi connectivity index (χ2v) is 5.59. The van der Waals surface area contributed by atoms with Gasteiger partial charge in [0.1, 0.15) is 5.82 Å². The summed E-state index contributed by atoms with van der Waals surface area (Å²) >= 11 is 0. The van der Waals surface area contributed by atoms with Crippen LogP contribution >= 0.6 is 0 Å². The molecule has 1 rings (SSSR count). The Morgan fingerprint density at radius 1 is 1.38 bits per heavy atom. The number of anilines is 1. The van der Waals surface area contributed by atoms with Gasteiger partial charge in [-0.3, -0.25) is 4.72 Å². The minimum absolute atomic E-state index is 0.0434. The van der Waals surface area contributed by atoms with Crippen molar-refractivity contribution >= 4 is 15.8 Å². The number of aromatic nitrogens is 1. The van der Waals surface area contributed by atoms with Crippen LogP contribution in [0.2, 0.25) is 0 Å². The molecule has 1 aromatic heterocycles. The van der Waals surface area contributed by atoms with Gasteiger partial charge in [-0.25, -0.2) is 13.4 Å². The van der Waals surface area contributed by atoms with Gasteiger partial charge in [-0.2, -0.15) is 0 Å². The SMILES string of the molecule is CC(C)NCCS(=O)(=O)Nc1ccccn1. The quantitative estimate of drug-likeness (QED) is 0.776. The van der Waals surface area contributed by atoms with Gasteiger partial charge < -0.3 is 5.32 Å². The summed E-state index contributed by atoms with van der Waals surface area (Å²) in [5.41, 5.74) is 0. The molecule has 90 valence electrons. The minimum atomic E-state index is -3.31. The molecule has 6 heteroatoms. The molecule has 0 spiro atoms. The van der Waals surface area contributed by atoms with Crippen LogP contribution in [0.4, 0.5) is 5.82 Å². The molecule has 0 bridgehead atoms. The minimum Gasteiger partial charge on any atom is -0.313 e. The van der Waals surface area contributed by atoms with Crippen molar-refractivity contribution in [1.82, 2.24) is 10.3 Å². The molecule has 5 nitrogen and oxygen atoms in total. The Labute approximate surface area is 96.3 Å². The molecule has 0 saturated heterocycles. The maximum atomic E-state index is 11.6. The van der Waals surface area contributed by atoms with E-state index >= 15 is 0 Å². The number of sulfonamides is 1. The van der Waals surface area contributed by atoms with Crippen LogP contribution in [0.3, 0.4) is 0 Å². The lowest BCUT2D eigenvalue weighted by molar-refractivity contribution is 0.582. The summed E-state index contributed by atoms with van der Waals surface area (Å²) in [6, 6.07) is 5.37. The fourth-order valence-electron chi connectivity index (χ4n) is 1.12. The normalized spacial score (nSPS) is 11.7. The van der Waals surface area contributed by atoms with Gasteiger partial charge in [0.2, 0.25) is 10.0 Å². The zero-order valence-corrected chi connectivity index (χ0v) is 10.3. The zero-order valence-electron chi connectivity index (χ0n) is 9.47. The number of rotatable bonds is 6. The fraction of sp³-hybridized carbons (Fsp3) is 0.500. The van der Waals surface area contributed by atoms with Crippen LogP contribution in [-0.4, -0.2) is 31.7 Å². The Morgan fingerprint density at radius 2 is 2.12 bits per heavy atom. The molecule has 0 aliphatic rings. The molecule has 0 aromatic carbocycles. The van der Waals surface area contributed by atoms with Crippen LogP contribution in [0.15, 0.2) is 24.4 Å². The van der Waals surface area contributed by atoms with Gasteiger partial charge in [0.25, 0.3) is 0 Å². The van der Waals surface area contributed by atoms with Gasteiger partial charge >= 0.3 is 0 Å². The first-order valence-electron chi connectivity index (χ1n) is 5.14. The van der Waals surface area contributed by atoms with E-state index in [1.165, 1.54) is 0 Å². The maximum absolute atomic E-state index is 11.6. The first-order valence-corrected chi connectivity index (χ1v) is 6.80. The highest BCUT2D eigenvalue weighted by Crippen LogP contribution is 2.03. The standard InChI is InChI=1S/C10H17N3O2S/c1-9(2)11-7-8-16(14,15)13-10-5-3-4-6-12-10/h3-6,9,11H,7-8H2,1-2H3,(H,12,13). The van der Waals surface area contributed by atoms with E-state index in [0.717, 1.165) is 0 Å². The zero-order chi connectivity index (χ0) is 12.0. The number of nitrogens with zero attached hydrogens (tertiary/aromatic N) is 1. The Bertz CT molecular complexity index is 403. The van der Waals surface area contributed by atoms with E-state index < -0.39 is 10.0 Å². The smallest absolute Gasteiger partial charge is 0.235 e. The summed E-state index contributed by atoms with van der Waals surface area (Å²) in [7, 11) is -3.31. The van der Waals surface area contributed by atoms with Gasteiger partial charge in [0, 0.05) is 18.8 Å². The molecule has 0 fully saturated rings. The van der Waals surface area contributed by atoms with Crippen LogP contribution in [-0.2, 0) is 10.0 Å². The topological polar surface area (TPSA) is 71.1 Å². The van der Waals surface area contributed by atoms with Gasteiger partial charge in [0.05, 0.1) is 5.75 Å². The summed E-state index contributed by atoms with van der Waals surface area (Å²) < 4.78 is 25.6. The van der Waals surface area contributed by atoms with E-state index in [9.17, 15) is 8.42 Å². The van der Waals surface area contributed by atoms with Crippen LogP contribution in [0.25, 0.3) is 0 Å². The Balaban J connectivity index is 2.46. The van der Waals surface area contributed by atoms with Crippen molar-refractivity contribution in [2.75, 3.05) is 17.0 Å². The summed E-state index contributed by atoms with van der Waals surface area (Å²) in [5.74, 6) is 0.397. The van der Waals surface area contributed by atoms with Crippen LogP contribution in [0.1, 0.15) is 13.8 Å². The van der Waals surface area contributed by atoms with Gasteiger partial charge in [-0.1, -0.05) is 19.9 Å². The second kappa shape index (κ2) is 5.81. The van der Waals surface area contributed by atoms with E-state index in [0.29, 0.717) is 12.4 Å². The van der Waals surface area contributed by atoms with Crippen LogP contribution in [0.5, 0.6) is 0 Å². The first-order chi connectivity index (χ1) is 7.49. The Morgan fingerprint density at radius 3 is 2.69 bits per heavy atom. The summed E-state index contributed by atoms with van der Waals surface area (Å²) in [6.07, 6.45) is 1.55. The average molecular weight is 243 g/mol. The Hall–Kier alpha value is -1.14. The molecule has 1 aromatic rings. The molecule has 0 unspecified atom stereocenters. The first kappa shape index (κ1) is 12.9. The molecule has 16 heavy (non-hydrogen) atoms. The molecule has 0 aliphatic carbocycles. The van der Waals surface area contributed by atoms with Crippen LogP contribution < -0.4 is 10.0 Å². The lowest BCUT2D eigenvalue weighted by Crippen LogP contribution is -2.31. The highest BCUT2D eigenvalue weighted by molar-refractivity contribution is 7.92. The molecule has 0 radical (unpaired) electrons. The van der Waals surface area contributed by atoms with E-state index in [1.807, 2.05) is 13.8 Å². The molecule has 0 aliphatic heterocycles. The van der Waals surface area contributed by atoms with Crippen LogP contribution in [0, 0.1) is 0 Å². The highest BCUT2D eigenvalue weighted by Gasteiger charge is 2.10. The summed E-state index contributed by atoms with van der Waals surface area (Å²) in [5, 5.41) is 3.05. The van der Waals surface area contributed by atoms with Crippen molar-refractivity contribution in [1.29, 1.82) is 0 Å². The molecule has 0 amide bonds. The maximum Gasteiger partial charge on any atom is 0.235 e. The van der Waals surface area contributed by atoms with E-state index in [1.54, 1.807) is 24.4 Å². The van der Waals surface area contributed by atoms with E-state index in [4.69, 9.17) is 0 Å². The average Bonchev–Trinajstić information content (AvgIpc) is 2.17. The summed E-state index contributed by atoms with van der Waals surface area (Å²) in [6.45, 7) is 4.37. The van der Waals surface area contributed by atoms with Crippen molar-refractivity contribution in [3.63, 3.8) is 0 Å². The predicted octanol–water partition coefficient (Wildman–Crippen LogP) is 0.821. The van der Waals surface area contributed by atoms with Crippen molar-refractivity contribution in [3.05, 3.63) is 24.4 Å². The number of hydrogen-bond acceptors (Lipinski definition) is 4. The molecule has 0 atom stereocenters. The predicted molar refractivity (Wildman–Crippen MR) is 64.8 cm³/mol. The third-order valence-corrected chi connectivity index (χ3v) is 3.11. The Kier molecular flexibility index (Phi) is 4.70. The third kappa shape index (κ3) is 5.09. The van der Waals surface area contributed by atoms with Crippen molar-refractivity contribution < 1.29 is 8.42 Å². The number of pyridine rings is 1. The monoisotopic (exact) mass is 243 g/mol. The molecule has 2 N–H and O–H groups in total. The van der Waals surface area contributed by atoms with Crippen molar-refractivity contribution in [2.45, 2.75) is 19.9 Å². The summed E-state index contributed by atoms with van der Waals surface area (Å²) in [4.78, 5) is 3.90.